The van der Waals surface area contributed by atoms with Gasteiger partial charge in [0.15, 0.2) is 11.9 Å². The Kier molecular flexibility index (Phi) is 5.04. The zero-order chi connectivity index (χ0) is 20.4. The molecule has 0 bridgehead atoms. The minimum Gasteiger partial charge on any atom is -0.497 e. The summed E-state index contributed by atoms with van der Waals surface area (Å²) in [5.74, 6) is 0.751. The van der Waals surface area contributed by atoms with E-state index in [0.717, 1.165) is 22.3 Å². The van der Waals surface area contributed by atoms with E-state index in [9.17, 15) is 9.59 Å². The average Bonchev–Trinajstić information content (AvgIpc) is 3.16. The predicted molar refractivity (Wildman–Crippen MR) is 110 cm³/mol. The van der Waals surface area contributed by atoms with E-state index in [2.05, 4.69) is 5.32 Å². The van der Waals surface area contributed by atoms with Gasteiger partial charge < -0.3 is 14.8 Å². The van der Waals surface area contributed by atoms with Crippen molar-refractivity contribution >= 4 is 11.9 Å². The molecule has 0 radical (unpaired) electrons. The standard InChI is InChI=1S/C24H21NO4/c1-15(26)16-9-11-17(12-10-16)18-5-3-6-19(13-18)22-23(29-24(27)25-22)20-7-4-8-21(14-20)28-2/h3-14,22-23H,1-2H3,(H,25,27)/t22-,23-/m1/s1. The number of rotatable bonds is 5. The molecular weight excluding hydrogens is 366 g/mol. The van der Waals surface area contributed by atoms with Crippen LogP contribution in [0.2, 0.25) is 0 Å². The van der Waals surface area contributed by atoms with Crippen LogP contribution in [-0.2, 0) is 4.74 Å². The van der Waals surface area contributed by atoms with E-state index in [1.165, 1.54) is 0 Å². The molecule has 0 aromatic heterocycles. The third kappa shape index (κ3) is 3.85. The number of hydrogen-bond acceptors (Lipinski definition) is 4. The first kappa shape index (κ1) is 18.7. The van der Waals surface area contributed by atoms with Gasteiger partial charge in [0, 0.05) is 5.56 Å². The van der Waals surface area contributed by atoms with Crippen LogP contribution in [0.5, 0.6) is 5.75 Å². The summed E-state index contributed by atoms with van der Waals surface area (Å²) in [7, 11) is 1.61. The van der Waals surface area contributed by atoms with E-state index < -0.39 is 12.2 Å². The Hall–Kier alpha value is -3.60. The molecule has 1 amide bonds. The number of ether oxygens (including phenoxy) is 2. The maximum absolute atomic E-state index is 12.0. The number of hydrogen-bond donors (Lipinski definition) is 1. The number of ketones is 1. The zero-order valence-corrected chi connectivity index (χ0v) is 16.2. The second-order valence-corrected chi connectivity index (χ2v) is 6.98. The molecule has 1 fully saturated rings. The Balaban J connectivity index is 1.67. The molecule has 1 heterocycles. The molecule has 0 spiro atoms. The summed E-state index contributed by atoms with van der Waals surface area (Å²) >= 11 is 0. The van der Waals surface area contributed by atoms with Crippen molar-refractivity contribution in [2.24, 2.45) is 0 Å². The Morgan fingerprint density at radius 1 is 0.931 bits per heavy atom. The second kappa shape index (κ2) is 7.80. The second-order valence-electron chi connectivity index (χ2n) is 6.98. The number of methoxy groups -OCH3 is 1. The van der Waals surface area contributed by atoms with Crippen molar-refractivity contribution in [2.45, 2.75) is 19.1 Å². The molecule has 146 valence electrons. The summed E-state index contributed by atoms with van der Waals surface area (Å²) in [5, 5.41) is 2.91. The fraction of sp³-hybridized carbons (Fsp3) is 0.167. The van der Waals surface area contributed by atoms with Gasteiger partial charge in [0.05, 0.1) is 13.2 Å². The SMILES string of the molecule is COc1cccc([C@H]2OC(=O)N[C@@H]2c2cccc(-c3ccc(C(C)=O)cc3)c2)c1. The van der Waals surface area contributed by atoms with Gasteiger partial charge in [-0.1, -0.05) is 54.6 Å². The quantitative estimate of drug-likeness (QED) is 0.620. The van der Waals surface area contributed by atoms with Crippen LogP contribution in [0.15, 0.2) is 72.8 Å². The predicted octanol–water partition coefficient (Wildman–Crippen LogP) is 5.09. The van der Waals surface area contributed by atoms with Crippen molar-refractivity contribution in [3.05, 3.63) is 89.5 Å². The number of amides is 1. The number of cyclic esters (lactones) is 1. The van der Waals surface area contributed by atoms with Crippen molar-refractivity contribution in [1.82, 2.24) is 5.32 Å². The summed E-state index contributed by atoms with van der Waals surface area (Å²) in [6, 6.07) is 22.7. The van der Waals surface area contributed by atoms with Crippen LogP contribution >= 0.6 is 0 Å². The van der Waals surface area contributed by atoms with Gasteiger partial charge >= 0.3 is 6.09 Å². The normalized spacial score (nSPS) is 18.1. The topological polar surface area (TPSA) is 64.6 Å². The van der Waals surface area contributed by atoms with Gasteiger partial charge in [-0.25, -0.2) is 4.79 Å². The highest BCUT2D eigenvalue weighted by molar-refractivity contribution is 5.94. The van der Waals surface area contributed by atoms with Crippen LogP contribution in [0.3, 0.4) is 0 Å². The first-order chi connectivity index (χ1) is 14.0. The maximum atomic E-state index is 12.0. The molecule has 0 aliphatic carbocycles. The molecule has 1 saturated heterocycles. The van der Waals surface area contributed by atoms with Gasteiger partial charge in [0.25, 0.3) is 0 Å². The monoisotopic (exact) mass is 387 g/mol. The van der Waals surface area contributed by atoms with Crippen molar-refractivity contribution in [1.29, 1.82) is 0 Å². The number of carbonyl (C=O) groups excluding carboxylic acids is 2. The lowest BCUT2D eigenvalue weighted by molar-refractivity contribution is 0.101. The van der Waals surface area contributed by atoms with Crippen molar-refractivity contribution in [3.8, 4) is 16.9 Å². The van der Waals surface area contributed by atoms with Gasteiger partial charge in [0.2, 0.25) is 0 Å². The average molecular weight is 387 g/mol. The highest BCUT2D eigenvalue weighted by Crippen LogP contribution is 2.38. The summed E-state index contributed by atoms with van der Waals surface area (Å²) in [4.78, 5) is 23.5. The fourth-order valence-electron chi connectivity index (χ4n) is 3.57. The molecule has 3 aromatic carbocycles. The molecular formula is C24H21NO4. The molecule has 5 heteroatoms. The summed E-state index contributed by atoms with van der Waals surface area (Å²) in [6.45, 7) is 1.55. The largest absolute Gasteiger partial charge is 0.497 e. The number of nitrogens with one attached hydrogen (secondary N) is 1. The third-order valence-electron chi connectivity index (χ3n) is 5.10. The van der Waals surface area contributed by atoms with Crippen LogP contribution < -0.4 is 10.1 Å². The van der Waals surface area contributed by atoms with Gasteiger partial charge in [-0.05, 0) is 47.4 Å². The smallest absolute Gasteiger partial charge is 0.408 e. The molecule has 0 saturated carbocycles. The van der Waals surface area contributed by atoms with Gasteiger partial charge in [-0.15, -0.1) is 0 Å². The van der Waals surface area contributed by atoms with Crippen LogP contribution in [0, 0.1) is 0 Å². The number of benzene rings is 3. The number of carbonyl (C=O) groups is 2. The molecule has 29 heavy (non-hydrogen) atoms. The molecule has 3 aromatic rings. The summed E-state index contributed by atoms with van der Waals surface area (Å²) in [5.41, 5.74) is 4.49. The highest BCUT2D eigenvalue weighted by Gasteiger charge is 2.36. The zero-order valence-electron chi connectivity index (χ0n) is 16.2. The first-order valence-corrected chi connectivity index (χ1v) is 9.37. The van der Waals surface area contributed by atoms with Gasteiger partial charge in [0.1, 0.15) is 5.75 Å². The van der Waals surface area contributed by atoms with Crippen molar-refractivity contribution in [2.75, 3.05) is 7.11 Å². The molecule has 4 rings (SSSR count). The van der Waals surface area contributed by atoms with E-state index >= 15 is 0 Å². The summed E-state index contributed by atoms with van der Waals surface area (Å²) in [6.07, 6.45) is -0.896. The Bertz CT molecular complexity index is 1060. The molecule has 2 atom stereocenters. The van der Waals surface area contributed by atoms with Crippen LogP contribution in [0.25, 0.3) is 11.1 Å². The van der Waals surface area contributed by atoms with Gasteiger partial charge in [-0.3, -0.25) is 4.79 Å². The maximum Gasteiger partial charge on any atom is 0.408 e. The first-order valence-electron chi connectivity index (χ1n) is 9.37. The van der Waals surface area contributed by atoms with Gasteiger partial charge in [-0.2, -0.15) is 0 Å². The lowest BCUT2D eigenvalue weighted by atomic mass is 9.93. The van der Waals surface area contributed by atoms with E-state index in [1.807, 2.05) is 72.8 Å². The van der Waals surface area contributed by atoms with E-state index in [0.29, 0.717) is 11.3 Å². The Morgan fingerprint density at radius 2 is 1.66 bits per heavy atom. The molecule has 5 nitrogen and oxygen atoms in total. The lowest BCUT2D eigenvalue weighted by Gasteiger charge is -2.19. The Morgan fingerprint density at radius 3 is 2.38 bits per heavy atom. The molecule has 1 aliphatic rings. The minimum atomic E-state index is -0.451. The van der Waals surface area contributed by atoms with E-state index in [4.69, 9.17) is 9.47 Å². The van der Waals surface area contributed by atoms with Crippen molar-refractivity contribution < 1.29 is 19.1 Å². The van der Waals surface area contributed by atoms with Crippen LogP contribution in [0.1, 0.15) is 40.6 Å². The fourth-order valence-corrected chi connectivity index (χ4v) is 3.57. The lowest BCUT2D eigenvalue weighted by Crippen LogP contribution is -2.19. The molecule has 1 N–H and O–H groups in total. The number of Topliss-reactive ketones (excluding diaryl/α,β-unsaturated/α-hetero) is 1. The summed E-state index contributed by atoms with van der Waals surface area (Å²) < 4.78 is 10.9. The minimum absolute atomic E-state index is 0.0391. The third-order valence-corrected chi connectivity index (χ3v) is 5.10. The van der Waals surface area contributed by atoms with E-state index in [-0.39, 0.29) is 11.8 Å². The Labute approximate surface area is 169 Å². The molecule has 0 unspecified atom stereocenters. The van der Waals surface area contributed by atoms with E-state index in [1.54, 1.807) is 14.0 Å². The highest BCUT2D eigenvalue weighted by atomic mass is 16.6. The molecule has 1 aliphatic heterocycles. The van der Waals surface area contributed by atoms with Crippen LogP contribution in [-0.4, -0.2) is 19.0 Å². The van der Waals surface area contributed by atoms with Crippen molar-refractivity contribution in [3.63, 3.8) is 0 Å². The van der Waals surface area contributed by atoms with Crippen LogP contribution in [0.4, 0.5) is 4.79 Å². The number of alkyl carbamates (subject to hydrolysis) is 1.